The number of aliphatic hydroxyl groups excluding tert-OH is 1. The number of benzene rings is 4. The van der Waals surface area contributed by atoms with Gasteiger partial charge in [-0.3, -0.25) is 5.32 Å². The lowest BCUT2D eigenvalue weighted by molar-refractivity contribution is -0.0909. The number of ether oxygens (including phenoxy) is 6. The van der Waals surface area contributed by atoms with Crippen LogP contribution in [0.4, 0.5) is 4.79 Å². The van der Waals surface area contributed by atoms with Gasteiger partial charge in [-0.05, 0) is 84.7 Å². The van der Waals surface area contributed by atoms with Gasteiger partial charge in [0, 0.05) is 38.1 Å². The van der Waals surface area contributed by atoms with E-state index in [1.807, 2.05) is 84.9 Å². The largest absolute Gasteiger partial charge is 0.497 e. The van der Waals surface area contributed by atoms with Crippen molar-refractivity contribution >= 4 is 16.1 Å². The van der Waals surface area contributed by atoms with Crippen LogP contribution in [-0.4, -0.2) is 107 Å². The monoisotopic (exact) mass is 829 g/mol. The summed E-state index contributed by atoms with van der Waals surface area (Å²) >= 11 is 0. The summed E-state index contributed by atoms with van der Waals surface area (Å²) < 4.78 is 64.8. The highest BCUT2D eigenvalue weighted by Crippen LogP contribution is 2.33. The first-order valence-corrected chi connectivity index (χ1v) is 21.8. The van der Waals surface area contributed by atoms with Gasteiger partial charge in [-0.15, -0.1) is 0 Å². The number of aliphatic hydroxyl groups is 1. The van der Waals surface area contributed by atoms with Crippen molar-refractivity contribution in [1.82, 2.24) is 14.5 Å². The number of methoxy groups -OCH3 is 1. The molecule has 3 heterocycles. The minimum Gasteiger partial charge on any atom is -0.497 e. The minimum atomic E-state index is -4.07. The third kappa shape index (κ3) is 11.6. The molecule has 5 atom stereocenters. The third-order valence-electron chi connectivity index (χ3n) is 11.3. The second-order valence-electron chi connectivity index (χ2n) is 15.3. The summed E-state index contributed by atoms with van der Waals surface area (Å²) in [6.07, 6.45) is 0.471. The Kier molecular flexibility index (Phi) is 14.9. The van der Waals surface area contributed by atoms with Crippen molar-refractivity contribution in [2.75, 3.05) is 53.2 Å². The van der Waals surface area contributed by atoms with Gasteiger partial charge in [0.15, 0.2) is 6.29 Å². The summed E-state index contributed by atoms with van der Waals surface area (Å²) in [4.78, 5) is 14.7. The average Bonchev–Trinajstić information content (AvgIpc) is 3.91. The molecule has 59 heavy (non-hydrogen) atoms. The van der Waals surface area contributed by atoms with Crippen LogP contribution in [-0.2, 0) is 48.6 Å². The normalized spacial score (nSPS) is 20.6. The Labute approximate surface area is 347 Å². The molecule has 7 rings (SSSR count). The quantitative estimate of drug-likeness (QED) is 0.114. The number of hydrogen-bond donors (Lipinski definition) is 2. The number of hydrogen-bond acceptors (Lipinski definition) is 11. The summed E-state index contributed by atoms with van der Waals surface area (Å²) in [6, 6.07) is 32.9. The topological polar surface area (TPSA) is 145 Å². The molecule has 4 aromatic carbocycles. The maximum absolute atomic E-state index is 14.4. The van der Waals surface area contributed by atoms with Gasteiger partial charge < -0.3 is 38.4 Å². The molecule has 316 valence electrons. The molecule has 0 bridgehead atoms. The molecule has 3 aliphatic heterocycles. The highest BCUT2D eigenvalue weighted by atomic mass is 32.2. The van der Waals surface area contributed by atoms with Crippen molar-refractivity contribution in [3.8, 4) is 11.5 Å². The number of likely N-dealkylation sites (tertiary alicyclic amines) is 1. The Morgan fingerprint density at radius 3 is 2.19 bits per heavy atom. The van der Waals surface area contributed by atoms with Crippen molar-refractivity contribution in [1.29, 1.82) is 0 Å². The molecular weight excluding hydrogens is 775 g/mol. The number of piperidine rings is 1. The first-order chi connectivity index (χ1) is 28.7. The summed E-state index contributed by atoms with van der Waals surface area (Å²) in [5, 5.41) is 15.5. The van der Waals surface area contributed by atoms with E-state index in [1.54, 1.807) is 17.0 Å². The summed E-state index contributed by atoms with van der Waals surface area (Å²) in [7, 11) is -2.54. The zero-order chi connectivity index (χ0) is 41.0. The number of sulfonamides is 1. The molecule has 0 aromatic heterocycles. The van der Waals surface area contributed by atoms with Crippen LogP contribution in [0.1, 0.15) is 36.0 Å². The number of fused-ring (bicyclic) bond motifs is 1. The molecule has 13 nitrogen and oxygen atoms in total. The van der Waals surface area contributed by atoms with Crippen LogP contribution in [0.3, 0.4) is 0 Å². The van der Waals surface area contributed by atoms with Crippen LogP contribution in [0.2, 0.25) is 0 Å². The van der Waals surface area contributed by atoms with Crippen molar-refractivity contribution in [2.45, 2.75) is 68.3 Å². The van der Waals surface area contributed by atoms with Gasteiger partial charge >= 0.3 is 6.09 Å². The van der Waals surface area contributed by atoms with Gasteiger partial charge in [0.05, 0.1) is 44.2 Å². The molecule has 0 spiro atoms. The Hall–Kier alpha value is -4.54. The molecule has 2 N–H and O–H groups in total. The van der Waals surface area contributed by atoms with Gasteiger partial charge in [-0.2, -0.15) is 4.31 Å². The summed E-state index contributed by atoms with van der Waals surface area (Å²) in [5.41, 5.74) is 2.90. The fourth-order valence-electron chi connectivity index (χ4n) is 7.82. The van der Waals surface area contributed by atoms with E-state index in [2.05, 4.69) is 5.32 Å². The fraction of sp³-hybridized carbons (Fsp3) is 0.444. The molecule has 3 saturated heterocycles. The van der Waals surface area contributed by atoms with E-state index in [9.17, 15) is 18.3 Å². The summed E-state index contributed by atoms with van der Waals surface area (Å²) in [6.45, 7) is 2.66. The highest BCUT2D eigenvalue weighted by Gasteiger charge is 2.42. The number of nitrogens with one attached hydrogen (secondary N) is 1. The Balaban J connectivity index is 1.04. The molecule has 1 unspecified atom stereocenters. The van der Waals surface area contributed by atoms with E-state index in [0.29, 0.717) is 63.7 Å². The number of carbonyl (C=O) groups excluding carboxylic acids is 1. The van der Waals surface area contributed by atoms with Gasteiger partial charge in [0.1, 0.15) is 24.7 Å². The van der Waals surface area contributed by atoms with Crippen LogP contribution in [0, 0.1) is 11.8 Å². The van der Waals surface area contributed by atoms with E-state index < -0.39 is 28.3 Å². The van der Waals surface area contributed by atoms with E-state index >= 15 is 0 Å². The molecule has 3 fully saturated rings. The fourth-order valence-corrected chi connectivity index (χ4v) is 9.36. The zero-order valence-electron chi connectivity index (χ0n) is 33.5. The second kappa shape index (κ2) is 20.6. The Morgan fingerprint density at radius 1 is 0.847 bits per heavy atom. The number of rotatable bonds is 19. The lowest BCUT2D eigenvalue weighted by Crippen LogP contribution is -2.51. The maximum Gasteiger partial charge on any atom is 0.410 e. The number of nitrogens with zero attached hydrogens (tertiary/aromatic N) is 2. The minimum absolute atomic E-state index is 0.0597. The predicted molar refractivity (Wildman–Crippen MR) is 220 cm³/mol. The standard InChI is InChI=1S/C45H55N3O10S/c1-53-37-16-18-39(19-17-37)59(51,52)48(27-34-20-23-47(24-21-34)45(50)57-30-36-10-6-3-7-11-36)28-42(49)41(46-32-58-43-31-56-44-40(43)22-25-54-44)26-33-12-14-38(15-13-33)55-29-35-8-4-2-5-9-35/h2-19,34,40-44,46,49H,20-32H2,1H3/t40-,41-,42+,43?,44+/m0/s1. The average molecular weight is 830 g/mol. The van der Waals surface area contributed by atoms with Gasteiger partial charge in [0.25, 0.3) is 0 Å². The van der Waals surface area contributed by atoms with Crippen LogP contribution < -0.4 is 14.8 Å². The predicted octanol–water partition coefficient (Wildman–Crippen LogP) is 5.61. The van der Waals surface area contributed by atoms with E-state index in [1.165, 1.54) is 23.5 Å². The van der Waals surface area contributed by atoms with Crippen LogP contribution in [0.25, 0.3) is 0 Å². The van der Waals surface area contributed by atoms with Gasteiger partial charge in [-0.25, -0.2) is 13.2 Å². The third-order valence-corrected chi connectivity index (χ3v) is 13.2. The van der Waals surface area contributed by atoms with Gasteiger partial charge in [-0.1, -0.05) is 72.8 Å². The van der Waals surface area contributed by atoms with Crippen LogP contribution in [0.15, 0.2) is 114 Å². The van der Waals surface area contributed by atoms with Crippen LogP contribution in [0.5, 0.6) is 11.5 Å². The molecule has 1 amide bonds. The zero-order valence-corrected chi connectivity index (χ0v) is 34.3. The molecule has 14 heteroatoms. The second-order valence-corrected chi connectivity index (χ2v) is 17.3. The molecule has 3 aliphatic rings. The first-order valence-electron chi connectivity index (χ1n) is 20.4. The number of carbonyl (C=O) groups is 1. The first kappa shape index (κ1) is 42.6. The Bertz CT molecular complexity index is 2000. The van der Waals surface area contributed by atoms with Crippen molar-refractivity contribution < 1.29 is 46.7 Å². The molecule has 4 aromatic rings. The van der Waals surface area contributed by atoms with Gasteiger partial charge in [0.2, 0.25) is 10.0 Å². The van der Waals surface area contributed by atoms with Crippen molar-refractivity contribution in [3.63, 3.8) is 0 Å². The SMILES string of the molecule is COc1ccc(S(=O)(=O)N(CC2CCN(C(=O)OCc3ccccc3)CC2)C[C@@H](O)[C@H](Cc2ccc(OCc3ccccc3)cc2)NCOC2CO[C@H]3OCC[C@@H]23)cc1. The van der Waals surface area contributed by atoms with Crippen LogP contribution >= 0.6 is 0 Å². The Morgan fingerprint density at radius 2 is 1.51 bits per heavy atom. The molecule has 0 aliphatic carbocycles. The lowest BCUT2D eigenvalue weighted by Gasteiger charge is -2.35. The van der Waals surface area contributed by atoms with E-state index in [-0.39, 0.29) is 55.6 Å². The summed E-state index contributed by atoms with van der Waals surface area (Å²) in [5.74, 6) is 1.33. The molecule has 0 saturated carbocycles. The molecular formula is C45H55N3O10S. The maximum atomic E-state index is 14.4. The highest BCUT2D eigenvalue weighted by molar-refractivity contribution is 7.89. The van der Waals surface area contributed by atoms with E-state index in [4.69, 9.17) is 28.4 Å². The van der Waals surface area contributed by atoms with Crippen molar-refractivity contribution in [2.24, 2.45) is 11.8 Å². The van der Waals surface area contributed by atoms with Crippen molar-refractivity contribution in [3.05, 3.63) is 126 Å². The smallest absolute Gasteiger partial charge is 0.410 e. The molecule has 0 radical (unpaired) electrons. The number of amides is 1. The lowest BCUT2D eigenvalue weighted by atomic mass is 9.96. The van der Waals surface area contributed by atoms with E-state index in [0.717, 1.165) is 23.1 Å².